The van der Waals surface area contributed by atoms with Crippen molar-refractivity contribution in [2.24, 2.45) is 0 Å². The Kier molecular flexibility index (Phi) is 5.90. The van der Waals surface area contributed by atoms with Crippen molar-refractivity contribution in [3.05, 3.63) is 53.9 Å². The molecule has 0 unspecified atom stereocenters. The zero-order chi connectivity index (χ0) is 19.2. The summed E-state index contributed by atoms with van der Waals surface area (Å²) in [5.74, 6) is 0.761. The highest BCUT2D eigenvalue weighted by molar-refractivity contribution is 5.93. The van der Waals surface area contributed by atoms with Gasteiger partial charge in [-0.2, -0.15) is 0 Å². The van der Waals surface area contributed by atoms with Crippen LogP contribution >= 0.6 is 0 Å². The van der Waals surface area contributed by atoms with E-state index in [0.29, 0.717) is 38.4 Å². The molecule has 1 aromatic carbocycles. The molecule has 1 saturated heterocycles. The summed E-state index contributed by atoms with van der Waals surface area (Å²) in [5.41, 5.74) is 2.36. The first kappa shape index (κ1) is 18.7. The average molecular weight is 368 g/mol. The molecule has 7 nitrogen and oxygen atoms in total. The smallest absolute Gasteiger partial charge is 0.272 e. The molecule has 1 aliphatic heterocycles. The van der Waals surface area contributed by atoms with E-state index in [1.807, 2.05) is 30.3 Å². The molecule has 1 aromatic heterocycles. The lowest BCUT2D eigenvalue weighted by molar-refractivity contribution is -0.130. The van der Waals surface area contributed by atoms with Gasteiger partial charge in [-0.15, -0.1) is 0 Å². The van der Waals surface area contributed by atoms with E-state index >= 15 is 0 Å². The van der Waals surface area contributed by atoms with E-state index < -0.39 is 0 Å². The molecule has 2 aromatic rings. The first-order valence-electron chi connectivity index (χ1n) is 8.94. The summed E-state index contributed by atoms with van der Waals surface area (Å²) >= 11 is 0. The normalized spacial score (nSPS) is 14.0. The van der Waals surface area contributed by atoms with E-state index in [1.165, 1.54) is 0 Å². The van der Waals surface area contributed by atoms with Crippen molar-refractivity contribution in [3.63, 3.8) is 0 Å². The maximum Gasteiger partial charge on any atom is 0.272 e. The molecular formula is C20H24N4O3. The van der Waals surface area contributed by atoms with Crippen LogP contribution in [-0.2, 0) is 11.3 Å². The number of piperazine rings is 1. The Morgan fingerprint density at radius 1 is 1.07 bits per heavy atom. The molecule has 1 aliphatic rings. The molecule has 0 saturated carbocycles. The fourth-order valence-corrected chi connectivity index (χ4v) is 2.99. The van der Waals surface area contributed by atoms with Crippen molar-refractivity contribution in [2.75, 3.05) is 38.6 Å². The molecule has 1 N–H and O–H groups in total. The van der Waals surface area contributed by atoms with Gasteiger partial charge in [-0.05, 0) is 29.8 Å². The molecule has 0 aliphatic carbocycles. The standard InChI is InChI=1S/C20H24N4O3/c1-15(25)23-9-11-24(12-10-23)20(26)19-13-17(7-8-21-19)22-14-16-3-5-18(27-2)6-4-16/h3-8,13H,9-12,14H2,1-2H3,(H,21,22). The van der Waals surface area contributed by atoms with Gasteiger partial charge in [0.15, 0.2) is 0 Å². The molecule has 7 heteroatoms. The van der Waals surface area contributed by atoms with Crippen LogP contribution < -0.4 is 10.1 Å². The molecule has 0 spiro atoms. The van der Waals surface area contributed by atoms with Gasteiger partial charge in [-0.1, -0.05) is 12.1 Å². The summed E-state index contributed by atoms with van der Waals surface area (Å²) in [5, 5.41) is 3.31. The van der Waals surface area contributed by atoms with Crippen LogP contribution in [0.15, 0.2) is 42.6 Å². The van der Waals surface area contributed by atoms with Gasteiger partial charge >= 0.3 is 0 Å². The minimum Gasteiger partial charge on any atom is -0.497 e. The van der Waals surface area contributed by atoms with E-state index in [2.05, 4.69) is 10.3 Å². The summed E-state index contributed by atoms with van der Waals surface area (Å²) in [6.45, 7) is 4.39. The van der Waals surface area contributed by atoms with Crippen LogP contribution in [0, 0.1) is 0 Å². The third kappa shape index (κ3) is 4.75. The van der Waals surface area contributed by atoms with Crippen molar-refractivity contribution >= 4 is 17.5 Å². The topological polar surface area (TPSA) is 74.8 Å². The number of nitrogens with one attached hydrogen (secondary N) is 1. The number of nitrogens with zero attached hydrogens (tertiary/aromatic N) is 3. The largest absolute Gasteiger partial charge is 0.497 e. The lowest BCUT2D eigenvalue weighted by atomic mass is 10.2. The Hall–Kier alpha value is -3.09. The minimum atomic E-state index is -0.105. The van der Waals surface area contributed by atoms with Gasteiger partial charge in [0.05, 0.1) is 7.11 Å². The van der Waals surface area contributed by atoms with Gasteiger partial charge in [0, 0.05) is 51.5 Å². The summed E-state index contributed by atoms with van der Waals surface area (Å²) in [7, 11) is 1.64. The van der Waals surface area contributed by atoms with E-state index in [-0.39, 0.29) is 11.8 Å². The molecule has 2 amide bonds. The van der Waals surface area contributed by atoms with Crippen molar-refractivity contribution < 1.29 is 14.3 Å². The fraction of sp³-hybridized carbons (Fsp3) is 0.350. The van der Waals surface area contributed by atoms with Gasteiger partial charge < -0.3 is 19.9 Å². The van der Waals surface area contributed by atoms with Crippen LogP contribution in [-0.4, -0.2) is 59.9 Å². The summed E-state index contributed by atoms with van der Waals surface area (Å²) in [6, 6.07) is 11.4. The van der Waals surface area contributed by atoms with Crippen LogP contribution in [0.1, 0.15) is 23.0 Å². The van der Waals surface area contributed by atoms with Gasteiger partial charge in [-0.25, -0.2) is 0 Å². The summed E-state index contributed by atoms with van der Waals surface area (Å²) < 4.78 is 5.16. The lowest BCUT2D eigenvalue weighted by Gasteiger charge is -2.34. The molecule has 27 heavy (non-hydrogen) atoms. The minimum absolute atomic E-state index is 0.0463. The number of ether oxygens (including phenoxy) is 1. The van der Waals surface area contributed by atoms with E-state index in [9.17, 15) is 9.59 Å². The Morgan fingerprint density at radius 3 is 2.37 bits per heavy atom. The van der Waals surface area contributed by atoms with Crippen LogP contribution in [0.5, 0.6) is 5.75 Å². The molecule has 0 bridgehead atoms. The van der Waals surface area contributed by atoms with Crippen LogP contribution in [0.2, 0.25) is 0 Å². The monoisotopic (exact) mass is 368 g/mol. The van der Waals surface area contributed by atoms with Crippen LogP contribution in [0.25, 0.3) is 0 Å². The average Bonchev–Trinajstić information content (AvgIpc) is 2.72. The van der Waals surface area contributed by atoms with Crippen molar-refractivity contribution in [3.8, 4) is 5.75 Å². The predicted molar refractivity (Wildman–Crippen MR) is 103 cm³/mol. The number of anilines is 1. The zero-order valence-corrected chi connectivity index (χ0v) is 15.6. The second kappa shape index (κ2) is 8.53. The maximum atomic E-state index is 12.7. The zero-order valence-electron chi connectivity index (χ0n) is 15.6. The van der Waals surface area contributed by atoms with E-state index in [0.717, 1.165) is 17.0 Å². The number of carbonyl (C=O) groups excluding carboxylic acids is 2. The highest BCUT2D eigenvalue weighted by Crippen LogP contribution is 2.15. The van der Waals surface area contributed by atoms with Gasteiger partial charge in [0.1, 0.15) is 11.4 Å². The van der Waals surface area contributed by atoms with Gasteiger partial charge in [-0.3, -0.25) is 14.6 Å². The summed E-state index contributed by atoms with van der Waals surface area (Å²) in [4.78, 5) is 31.8. The number of benzene rings is 1. The lowest BCUT2D eigenvalue weighted by Crippen LogP contribution is -2.50. The Bertz CT molecular complexity index is 799. The van der Waals surface area contributed by atoms with Crippen molar-refractivity contribution in [1.82, 2.24) is 14.8 Å². The van der Waals surface area contributed by atoms with Crippen LogP contribution in [0.3, 0.4) is 0 Å². The third-order valence-corrected chi connectivity index (χ3v) is 4.65. The Labute approximate surface area is 158 Å². The summed E-state index contributed by atoms with van der Waals surface area (Å²) in [6.07, 6.45) is 1.63. The molecule has 1 fully saturated rings. The number of hydrogen-bond donors (Lipinski definition) is 1. The van der Waals surface area contributed by atoms with Gasteiger partial charge in [0.2, 0.25) is 5.91 Å². The molecule has 0 radical (unpaired) electrons. The van der Waals surface area contributed by atoms with E-state index in [1.54, 1.807) is 36.1 Å². The number of aromatic nitrogens is 1. The van der Waals surface area contributed by atoms with Crippen molar-refractivity contribution in [2.45, 2.75) is 13.5 Å². The molecule has 0 atom stereocenters. The Balaban J connectivity index is 1.59. The Morgan fingerprint density at radius 2 is 1.74 bits per heavy atom. The number of hydrogen-bond acceptors (Lipinski definition) is 5. The fourth-order valence-electron chi connectivity index (χ4n) is 2.99. The SMILES string of the molecule is COc1ccc(CNc2ccnc(C(=O)N3CCN(C(C)=O)CC3)c2)cc1. The highest BCUT2D eigenvalue weighted by Gasteiger charge is 2.24. The number of methoxy groups -OCH3 is 1. The van der Waals surface area contributed by atoms with Crippen LogP contribution in [0.4, 0.5) is 5.69 Å². The first-order valence-corrected chi connectivity index (χ1v) is 8.94. The third-order valence-electron chi connectivity index (χ3n) is 4.65. The highest BCUT2D eigenvalue weighted by atomic mass is 16.5. The molecule has 2 heterocycles. The first-order chi connectivity index (χ1) is 13.1. The number of pyridine rings is 1. The second-order valence-corrected chi connectivity index (χ2v) is 6.43. The van der Waals surface area contributed by atoms with Crippen molar-refractivity contribution in [1.29, 1.82) is 0 Å². The predicted octanol–water partition coefficient (Wildman–Crippen LogP) is 2.01. The number of rotatable bonds is 5. The van der Waals surface area contributed by atoms with E-state index in [4.69, 9.17) is 4.74 Å². The molecular weight excluding hydrogens is 344 g/mol. The number of carbonyl (C=O) groups is 2. The maximum absolute atomic E-state index is 12.7. The number of amides is 2. The quantitative estimate of drug-likeness (QED) is 0.874. The van der Waals surface area contributed by atoms with Gasteiger partial charge in [0.25, 0.3) is 5.91 Å². The second-order valence-electron chi connectivity index (χ2n) is 6.43. The molecule has 3 rings (SSSR count). The molecule has 142 valence electrons.